The number of fused-ring (bicyclic) bond motifs is 1. The van der Waals surface area contributed by atoms with Gasteiger partial charge in [-0.05, 0) is 17.3 Å². The maximum atomic E-state index is 10.7. The minimum absolute atomic E-state index is 0.148. The van der Waals surface area contributed by atoms with E-state index in [0.717, 1.165) is 5.69 Å². The highest BCUT2D eigenvalue weighted by molar-refractivity contribution is 5.82. The topological polar surface area (TPSA) is 97.5 Å². The molecule has 2 N–H and O–H groups in total. The number of hydrogen-bond acceptors (Lipinski definition) is 6. The molecule has 1 aliphatic heterocycles. The summed E-state index contributed by atoms with van der Waals surface area (Å²) in [6.45, 7) is 0.443. The quantitative estimate of drug-likeness (QED) is 0.825. The Bertz CT molecular complexity index is 595. The van der Waals surface area contributed by atoms with Crippen molar-refractivity contribution in [1.82, 2.24) is 10.1 Å². The van der Waals surface area contributed by atoms with Crippen LogP contribution >= 0.6 is 0 Å². The number of aromatic carboxylic acids is 1. The molecule has 7 heteroatoms. The highest BCUT2D eigenvalue weighted by Crippen LogP contribution is 2.33. The van der Waals surface area contributed by atoms with Gasteiger partial charge in [-0.1, -0.05) is 12.1 Å². The maximum Gasteiger partial charge on any atom is 0.377 e. The molecule has 0 radical (unpaired) electrons. The first-order valence-electron chi connectivity index (χ1n) is 5.30. The maximum absolute atomic E-state index is 10.7. The fraction of sp³-hybridized carbons (Fsp3) is 0.182. The van der Waals surface area contributed by atoms with Crippen molar-refractivity contribution in [3.63, 3.8) is 0 Å². The Hall–Kier alpha value is -2.57. The Kier molecular flexibility index (Phi) is 2.36. The summed E-state index contributed by atoms with van der Waals surface area (Å²) in [5, 5.41) is 15.2. The number of nitrogens with zero attached hydrogens (tertiary/aromatic N) is 2. The summed E-state index contributed by atoms with van der Waals surface area (Å²) in [5.74, 6) is -0.778. The number of para-hydroxylation sites is 2. The number of anilines is 1. The Morgan fingerprint density at radius 3 is 3.06 bits per heavy atom. The molecule has 0 spiro atoms. The van der Waals surface area contributed by atoms with Crippen LogP contribution in [0.4, 0.5) is 5.69 Å². The molecule has 0 saturated heterocycles. The van der Waals surface area contributed by atoms with Crippen LogP contribution in [0.15, 0.2) is 28.8 Å². The summed E-state index contributed by atoms with van der Waals surface area (Å²) in [7, 11) is 0. The van der Waals surface area contributed by atoms with E-state index in [4.69, 9.17) is 14.4 Å². The monoisotopic (exact) mass is 247 g/mol. The van der Waals surface area contributed by atoms with Crippen molar-refractivity contribution in [3.8, 4) is 5.75 Å². The number of aromatic nitrogens is 2. The molecule has 0 bridgehead atoms. The van der Waals surface area contributed by atoms with Crippen molar-refractivity contribution in [2.75, 3.05) is 11.9 Å². The van der Waals surface area contributed by atoms with E-state index in [0.29, 0.717) is 12.3 Å². The molecule has 1 aliphatic rings. The summed E-state index contributed by atoms with van der Waals surface area (Å²) < 4.78 is 10.5. The summed E-state index contributed by atoms with van der Waals surface area (Å²) >= 11 is 0. The second kappa shape index (κ2) is 4.02. The van der Waals surface area contributed by atoms with Crippen LogP contribution in [0.1, 0.15) is 22.6 Å². The Morgan fingerprint density at radius 1 is 1.44 bits per heavy atom. The van der Waals surface area contributed by atoms with Crippen LogP contribution in [-0.4, -0.2) is 27.8 Å². The van der Waals surface area contributed by atoms with E-state index in [2.05, 4.69) is 15.5 Å². The van der Waals surface area contributed by atoms with E-state index in [1.165, 1.54) is 0 Å². The molecule has 18 heavy (non-hydrogen) atoms. The zero-order valence-corrected chi connectivity index (χ0v) is 9.16. The van der Waals surface area contributed by atoms with Gasteiger partial charge in [-0.2, -0.15) is 4.98 Å². The number of rotatable bonds is 2. The molecule has 92 valence electrons. The lowest BCUT2D eigenvalue weighted by Crippen LogP contribution is -2.23. The number of benzene rings is 1. The molecule has 3 rings (SSSR count). The molecule has 2 heterocycles. The fourth-order valence-electron chi connectivity index (χ4n) is 1.70. The van der Waals surface area contributed by atoms with Crippen molar-refractivity contribution in [1.29, 1.82) is 0 Å². The first kappa shape index (κ1) is 10.6. The minimum atomic E-state index is -1.23. The third-order valence-electron chi connectivity index (χ3n) is 2.54. The second-order valence-corrected chi connectivity index (χ2v) is 3.74. The molecule has 0 aliphatic carbocycles. The van der Waals surface area contributed by atoms with Crippen LogP contribution in [0, 0.1) is 0 Å². The van der Waals surface area contributed by atoms with Gasteiger partial charge < -0.3 is 19.7 Å². The van der Waals surface area contributed by atoms with Crippen molar-refractivity contribution in [3.05, 3.63) is 36.0 Å². The number of ether oxygens (including phenoxy) is 1. The fourth-order valence-corrected chi connectivity index (χ4v) is 1.70. The molecule has 1 unspecified atom stereocenters. The van der Waals surface area contributed by atoms with E-state index in [1.54, 1.807) is 0 Å². The summed E-state index contributed by atoms with van der Waals surface area (Å²) in [4.78, 5) is 14.4. The van der Waals surface area contributed by atoms with Gasteiger partial charge in [-0.3, -0.25) is 0 Å². The van der Waals surface area contributed by atoms with Gasteiger partial charge in [0.25, 0.3) is 11.7 Å². The normalized spacial score (nSPS) is 17.4. The van der Waals surface area contributed by atoms with Gasteiger partial charge in [-0.25, -0.2) is 4.79 Å². The SMILES string of the molecule is O=C(O)c1noc(C2CNc3ccccc3O2)n1. The zero-order valence-electron chi connectivity index (χ0n) is 9.16. The molecule has 7 nitrogen and oxygen atoms in total. The largest absolute Gasteiger partial charge is 0.477 e. The van der Waals surface area contributed by atoms with Gasteiger partial charge in [0.05, 0.1) is 12.2 Å². The first-order valence-corrected chi connectivity index (χ1v) is 5.30. The third-order valence-corrected chi connectivity index (χ3v) is 2.54. The predicted molar refractivity (Wildman–Crippen MR) is 59.6 cm³/mol. The molecule has 1 atom stereocenters. The van der Waals surface area contributed by atoms with Gasteiger partial charge in [0.1, 0.15) is 5.75 Å². The van der Waals surface area contributed by atoms with E-state index >= 15 is 0 Å². The van der Waals surface area contributed by atoms with Gasteiger partial charge in [0.2, 0.25) is 0 Å². The zero-order chi connectivity index (χ0) is 12.5. The van der Waals surface area contributed by atoms with Crippen molar-refractivity contribution < 1.29 is 19.2 Å². The van der Waals surface area contributed by atoms with Crippen LogP contribution in [0.25, 0.3) is 0 Å². The first-order chi connectivity index (χ1) is 8.74. The molecule has 0 amide bonds. The van der Waals surface area contributed by atoms with Crippen LogP contribution < -0.4 is 10.1 Å². The molecule has 0 saturated carbocycles. The molecule has 1 aromatic heterocycles. The van der Waals surface area contributed by atoms with Gasteiger partial charge in [0.15, 0.2) is 6.10 Å². The molecular weight excluding hydrogens is 238 g/mol. The van der Waals surface area contributed by atoms with E-state index < -0.39 is 12.1 Å². The van der Waals surface area contributed by atoms with Crippen LogP contribution in [0.2, 0.25) is 0 Å². The average Bonchev–Trinajstić information content (AvgIpc) is 2.88. The lowest BCUT2D eigenvalue weighted by Gasteiger charge is -2.24. The number of hydrogen-bond donors (Lipinski definition) is 2. The second-order valence-electron chi connectivity index (χ2n) is 3.74. The van der Waals surface area contributed by atoms with Gasteiger partial charge in [-0.15, -0.1) is 0 Å². The lowest BCUT2D eigenvalue weighted by molar-refractivity contribution is 0.0680. The number of carboxylic acids is 1. The Morgan fingerprint density at radius 2 is 2.28 bits per heavy atom. The van der Waals surface area contributed by atoms with E-state index in [1.807, 2.05) is 24.3 Å². The number of carboxylic acid groups (broad SMARTS) is 1. The number of carbonyl (C=O) groups is 1. The average molecular weight is 247 g/mol. The standard InChI is InChI=1S/C11H9N3O4/c15-11(16)9-13-10(18-14-9)8-5-12-6-3-1-2-4-7(6)17-8/h1-4,8,12H,5H2,(H,15,16). The van der Waals surface area contributed by atoms with Crippen LogP contribution in [0.3, 0.4) is 0 Å². The minimum Gasteiger partial charge on any atom is -0.477 e. The Labute approximate surface area is 101 Å². The molecule has 1 aromatic carbocycles. The highest BCUT2D eigenvalue weighted by Gasteiger charge is 2.27. The smallest absolute Gasteiger partial charge is 0.377 e. The summed E-state index contributed by atoms with van der Waals surface area (Å²) in [6, 6.07) is 7.44. The molecule has 0 fully saturated rings. The van der Waals surface area contributed by atoms with Crippen molar-refractivity contribution >= 4 is 11.7 Å². The molecule has 2 aromatic rings. The lowest BCUT2D eigenvalue weighted by atomic mass is 10.2. The molecular formula is C11H9N3O4. The predicted octanol–water partition coefficient (Wildman–Crippen LogP) is 1.31. The van der Waals surface area contributed by atoms with Crippen molar-refractivity contribution in [2.45, 2.75) is 6.10 Å². The van der Waals surface area contributed by atoms with E-state index in [-0.39, 0.29) is 11.7 Å². The Balaban J connectivity index is 1.85. The van der Waals surface area contributed by atoms with Crippen molar-refractivity contribution in [2.24, 2.45) is 0 Å². The van der Waals surface area contributed by atoms with Crippen LogP contribution in [0.5, 0.6) is 5.75 Å². The van der Waals surface area contributed by atoms with Gasteiger partial charge >= 0.3 is 5.97 Å². The van der Waals surface area contributed by atoms with E-state index in [9.17, 15) is 4.79 Å². The third kappa shape index (κ3) is 1.75. The summed E-state index contributed by atoms with van der Waals surface area (Å²) in [5.41, 5.74) is 0.881. The number of nitrogens with one attached hydrogen (secondary N) is 1. The van der Waals surface area contributed by atoms with Gasteiger partial charge in [0, 0.05) is 0 Å². The summed E-state index contributed by atoms with van der Waals surface area (Å²) in [6.07, 6.45) is -0.486. The van der Waals surface area contributed by atoms with Crippen LogP contribution in [-0.2, 0) is 0 Å². The highest BCUT2D eigenvalue weighted by atomic mass is 16.5.